The average Bonchev–Trinajstić information content (AvgIpc) is 3.70. The van der Waals surface area contributed by atoms with Gasteiger partial charge in [0, 0.05) is 17.3 Å². The fourth-order valence-corrected chi connectivity index (χ4v) is 7.96. The van der Waals surface area contributed by atoms with E-state index in [4.69, 9.17) is 9.72 Å². The lowest BCUT2D eigenvalue weighted by Crippen LogP contribution is -2.14. The van der Waals surface area contributed by atoms with Crippen molar-refractivity contribution >= 4 is 26.5 Å². The minimum atomic E-state index is -3.91. The summed E-state index contributed by atoms with van der Waals surface area (Å²) in [5.74, 6) is 0.814. The largest absolute Gasteiger partial charge is 0.490 e. The zero-order chi connectivity index (χ0) is 29.5. The number of thiazole rings is 1. The van der Waals surface area contributed by atoms with E-state index in [1.165, 1.54) is 11.3 Å². The molecule has 1 aliphatic carbocycles. The second-order valence-corrected chi connectivity index (χ2v) is 14.4. The molecular weight excluding hydrogens is 565 g/mol. The zero-order valence-corrected chi connectivity index (χ0v) is 25.8. The molecule has 2 aromatic heterocycles. The van der Waals surface area contributed by atoms with Crippen LogP contribution in [0.25, 0.3) is 33.0 Å². The van der Waals surface area contributed by atoms with Crippen molar-refractivity contribution in [2.45, 2.75) is 58.0 Å². The topological polar surface area (TPSA) is 97.0 Å². The summed E-state index contributed by atoms with van der Waals surface area (Å²) in [6.07, 6.45) is 5.04. The second kappa shape index (κ2) is 11.0. The third kappa shape index (κ3) is 5.84. The van der Waals surface area contributed by atoms with E-state index in [1.807, 2.05) is 36.4 Å². The van der Waals surface area contributed by atoms with E-state index in [1.54, 1.807) is 30.5 Å². The van der Waals surface area contributed by atoms with E-state index >= 15 is 0 Å². The van der Waals surface area contributed by atoms with Crippen molar-refractivity contribution in [1.82, 2.24) is 15.2 Å². The van der Waals surface area contributed by atoms with Crippen molar-refractivity contribution in [3.63, 3.8) is 0 Å². The number of rotatable bonds is 8. The third-order valence-electron chi connectivity index (χ3n) is 7.85. The summed E-state index contributed by atoms with van der Waals surface area (Å²) in [6, 6.07) is 22.7. The fourth-order valence-electron chi connectivity index (χ4n) is 5.71. The molecule has 0 saturated heterocycles. The highest BCUT2D eigenvalue weighted by atomic mass is 32.2. The van der Waals surface area contributed by atoms with Gasteiger partial charge in [-0.1, -0.05) is 67.6 Å². The minimum absolute atomic E-state index is 0.148. The third-order valence-corrected chi connectivity index (χ3v) is 10.3. The molecule has 1 aliphatic rings. The van der Waals surface area contributed by atoms with Crippen LogP contribution >= 0.6 is 11.3 Å². The van der Waals surface area contributed by atoms with Crippen LogP contribution in [0.4, 0.5) is 5.13 Å². The van der Waals surface area contributed by atoms with Gasteiger partial charge in [-0.3, -0.25) is 9.82 Å². The number of aromatic nitrogens is 3. The molecule has 0 aliphatic heterocycles. The first-order valence-corrected chi connectivity index (χ1v) is 16.4. The molecule has 1 saturated carbocycles. The van der Waals surface area contributed by atoms with E-state index in [0.717, 1.165) is 69.1 Å². The number of sulfonamides is 1. The van der Waals surface area contributed by atoms with Gasteiger partial charge in [0.25, 0.3) is 10.0 Å². The quantitative estimate of drug-likeness (QED) is 0.187. The number of ether oxygens (including phenoxy) is 1. The maximum atomic E-state index is 13.6. The van der Waals surface area contributed by atoms with Crippen LogP contribution in [0.1, 0.15) is 44.2 Å². The standard InChI is InChI=1S/C33H34N4O3S2/c1-21-8-5-9-22(2)29(21)30-31(24-11-6-12-25(18-24)40-26-14-16-33(3,4)20-26)41-32(35-30)37-42(38,39)27-13-7-10-23(19-27)28-15-17-34-36-28/h5-13,15,17-19,26H,14,16,20H2,1-4H3,(H,34,36)(H,35,37). The van der Waals surface area contributed by atoms with Crippen LogP contribution in [-0.2, 0) is 10.0 Å². The van der Waals surface area contributed by atoms with Gasteiger partial charge < -0.3 is 4.74 Å². The highest BCUT2D eigenvalue weighted by Crippen LogP contribution is 2.44. The lowest BCUT2D eigenvalue weighted by atomic mass is 9.92. The van der Waals surface area contributed by atoms with Crippen LogP contribution in [0.2, 0.25) is 0 Å². The lowest BCUT2D eigenvalue weighted by Gasteiger charge is -2.18. The second-order valence-electron chi connectivity index (χ2n) is 11.7. The first-order valence-electron chi connectivity index (χ1n) is 14.1. The van der Waals surface area contributed by atoms with Gasteiger partial charge in [-0.05, 0) is 85.5 Å². The van der Waals surface area contributed by atoms with Crippen LogP contribution in [0, 0.1) is 19.3 Å². The molecule has 7 nitrogen and oxygen atoms in total. The van der Waals surface area contributed by atoms with Crippen LogP contribution in [-0.4, -0.2) is 29.7 Å². The number of H-pyrrole nitrogens is 1. The highest BCUT2D eigenvalue weighted by molar-refractivity contribution is 7.93. The van der Waals surface area contributed by atoms with Gasteiger partial charge in [0.05, 0.1) is 27.3 Å². The van der Waals surface area contributed by atoms with Gasteiger partial charge in [0.15, 0.2) is 5.13 Å². The molecule has 42 heavy (non-hydrogen) atoms. The predicted molar refractivity (Wildman–Crippen MR) is 169 cm³/mol. The Labute approximate surface area is 251 Å². The van der Waals surface area contributed by atoms with E-state index < -0.39 is 10.0 Å². The van der Waals surface area contributed by atoms with Crippen molar-refractivity contribution in [3.8, 4) is 38.7 Å². The molecule has 0 spiro atoms. The SMILES string of the molecule is Cc1cccc(C)c1-c1nc(NS(=O)(=O)c2cccc(-c3ccn[nH]3)c2)sc1-c1cccc(OC2CCC(C)(C)C2)c1. The summed E-state index contributed by atoms with van der Waals surface area (Å²) >= 11 is 1.33. The molecule has 2 heterocycles. The average molecular weight is 599 g/mol. The van der Waals surface area contributed by atoms with Crippen LogP contribution in [0.3, 0.4) is 0 Å². The summed E-state index contributed by atoms with van der Waals surface area (Å²) in [7, 11) is -3.91. The maximum Gasteiger partial charge on any atom is 0.263 e. The fraction of sp³-hybridized carbons (Fsp3) is 0.273. The van der Waals surface area contributed by atoms with Crippen LogP contribution in [0.15, 0.2) is 83.9 Å². The molecule has 0 bridgehead atoms. The van der Waals surface area contributed by atoms with Gasteiger partial charge in [0.2, 0.25) is 0 Å². The summed E-state index contributed by atoms with van der Waals surface area (Å²) in [4.78, 5) is 5.92. The minimum Gasteiger partial charge on any atom is -0.490 e. The predicted octanol–water partition coefficient (Wildman–Crippen LogP) is 8.24. The van der Waals surface area contributed by atoms with Gasteiger partial charge in [-0.15, -0.1) is 0 Å². The number of aromatic amines is 1. The molecule has 6 rings (SSSR count). The van der Waals surface area contributed by atoms with Crippen LogP contribution < -0.4 is 9.46 Å². The van der Waals surface area contributed by atoms with Crippen molar-refractivity contribution in [3.05, 3.63) is 90.1 Å². The Bertz CT molecular complexity index is 1820. The number of benzene rings is 3. The van der Waals surface area contributed by atoms with Gasteiger partial charge in [-0.25, -0.2) is 13.4 Å². The zero-order valence-electron chi connectivity index (χ0n) is 24.1. The monoisotopic (exact) mass is 598 g/mol. The molecule has 0 amide bonds. The van der Waals surface area contributed by atoms with Crippen molar-refractivity contribution < 1.29 is 13.2 Å². The Kier molecular flexibility index (Phi) is 7.41. The Hall–Kier alpha value is -3.95. The number of aryl methyl sites for hydroxylation is 2. The van der Waals surface area contributed by atoms with Gasteiger partial charge in [-0.2, -0.15) is 5.10 Å². The molecular formula is C33H34N4O3S2. The Morgan fingerprint density at radius 3 is 2.43 bits per heavy atom. The van der Waals surface area contributed by atoms with Crippen molar-refractivity contribution in [2.75, 3.05) is 4.72 Å². The normalized spacial score (nSPS) is 16.4. The van der Waals surface area contributed by atoms with Gasteiger partial charge in [0.1, 0.15) is 5.75 Å². The molecule has 5 aromatic rings. The number of nitrogens with zero attached hydrogens (tertiary/aromatic N) is 2. The summed E-state index contributed by atoms with van der Waals surface area (Å²) in [5, 5.41) is 7.16. The summed E-state index contributed by atoms with van der Waals surface area (Å²) < 4.78 is 36.3. The first kappa shape index (κ1) is 28.2. The molecule has 2 N–H and O–H groups in total. The van der Waals surface area contributed by atoms with Crippen molar-refractivity contribution in [2.24, 2.45) is 5.41 Å². The lowest BCUT2D eigenvalue weighted by molar-refractivity contribution is 0.193. The molecule has 9 heteroatoms. The number of hydrogen-bond acceptors (Lipinski definition) is 6. The first-order chi connectivity index (χ1) is 20.1. The number of hydrogen-bond donors (Lipinski definition) is 2. The smallest absolute Gasteiger partial charge is 0.263 e. The molecule has 1 fully saturated rings. The Morgan fingerprint density at radius 1 is 0.976 bits per heavy atom. The van der Waals surface area contributed by atoms with Gasteiger partial charge >= 0.3 is 0 Å². The van der Waals surface area contributed by atoms with E-state index in [0.29, 0.717) is 10.5 Å². The summed E-state index contributed by atoms with van der Waals surface area (Å²) in [6.45, 7) is 8.68. The molecule has 1 unspecified atom stereocenters. The van der Waals surface area contributed by atoms with Crippen molar-refractivity contribution in [1.29, 1.82) is 0 Å². The number of nitrogens with one attached hydrogen (secondary N) is 2. The molecule has 1 atom stereocenters. The number of anilines is 1. The van der Waals surface area contributed by atoms with E-state index in [2.05, 4.69) is 54.7 Å². The maximum absolute atomic E-state index is 13.6. The van der Waals surface area contributed by atoms with E-state index in [-0.39, 0.29) is 11.0 Å². The Balaban J connectivity index is 1.37. The molecule has 216 valence electrons. The van der Waals surface area contributed by atoms with E-state index in [9.17, 15) is 8.42 Å². The molecule has 0 radical (unpaired) electrons. The summed E-state index contributed by atoms with van der Waals surface area (Å²) in [5.41, 5.74) is 6.59. The van der Waals surface area contributed by atoms with Crippen LogP contribution in [0.5, 0.6) is 5.75 Å². The Morgan fingerprint density at radius 2 is 1.71 bits per heavy atom. The molecule has 3 aromatic carbocycles. The highest BCUT2D eigenvalue weighted by Gasteiger charge is 2.32.